The minimum atomic E-state index is -1.25. The number of thiol groups is 1. The molecule has 156 valence electrons. The molecule has 0 aliphatic carbocycles. The molecule has 0 aromatic rings. The van der Waals surface area contributed by atoms with Gasteiger partial charge in [-0.25, -0.2) is 0 Å². The first kappa shape index (κ1) is 24.0. The Morgan fingerprint density at radius 1 is 1.15 bits per heavy atom. The monoisotopic (exact) mass is 400 g/mol. The SMILES string of the molecule is CC1C(OCCS)OC(CO)C(OC(OC(CO)[C@@H](C)O)[C@@H](C)O)C1O. The molecule has 1 aliphatic heterocycles. The van der Waals surface area contributed by atoms with Crippen LogP contribution in [-0.2, 0) is 18.9 Å². The number of hydrogen-bond donors (Lipinski definition) is 6. The largest absolute Gasteiger partial charge is 0.394 e. The molecule has 7 unspecified atom stereocenters. The highest BCUT2D eigenvalue weighted by molar-refractivity contribution is 7.80. The molecule has 0 saturated carbocycles. The van der Waals surface area contributed by atoms with Gasteiger partial charge in [0.05, 0.1) is 32.0 Å². The lowest BCUT2D eigenvalue weighted by Gasteiger charge is -2.44. The second-order valence-electron chi connectivity index (χ2n) is 6.48. The number of hydrogen-bond acceptors (Lipinski definition) is 10. The van der Waals surface area contributed by atoms with Crippen LogP contribution < -0.4 is 0 Å². The Labute approximate surface area is 159 Å². The van der Waals surface area contributed by atoms with Crippen molar-refractivity contribution in [2.75, 3.05) is 25.6 Å². The maximum Gasteiger partial charge on any atom is 0.184 e. The van der Waals surface area contributed by atoms with Gasteiger partial charge < -0.3 is 44.5 Å². The van der Waals surface area contributed by atoms with Crippen LogP contribution in [0.3, 0.4) is 0 Å². The van der Waals surface area contributed by atoms with E-state index < -0.39 is 68.3 Å². The minimum Gasteiger partial charge on any atom is -0.394 e. The van der Waals surface area contributed by atoms with Crippen molar-refractivity contribution < 1.29 is 44.5 Å². The number of rotatable bonds is 11. The van der Waals surface area contributed by atoms with Crippen molar-refractivity contribution in [3.8, 4) is 0 Å². The Morgan fingerprint density at radius 3 is 2.27 bits per heavy atom. The van der Waals surface area contributed by atoms with E-state index in [1.54, 1.807) is 6.92 Å². The molecule has 1 rings (SSSR count). The molecule has 9 atom stereocenters. The summed E-state index contributed by atoms with van der Waals surface area (Å²) in [6.07, 6.45) is -8.05. The van der Waals surface area contributed by atoms with Crippen LogP contribution in [0, 0.1) is 5.92 Å². The maximum absolute atomic E-state index is 10.6. The zero-order valence-corrected chi connectivity index (χ0v) is 16.2. The Morgan fingerprint density at radius 2 is 1.81 bits per heavy atom. The van der Waals surface area contributed by atoms with Crippen molar-refractivity contribution in [2.45, 2.75) is 70.0 Å². The average molecular weight is 400 g/mol. The Bertz CT molecular complexity index is 383. The summed E-state index contributed by atoms with van der Waals surface area (Å²) < 4.78 is 22.3. The predicted molar refractivity (Wildman–Crippen MR) is 94.7 cm³/mol. The van der Waals surface area contributed by atoms with Crippen LogP contribution in [0.5, 0.6) is 0 Å². The van der Waals surface area contributed by atoms with Crippen LogP contribution in [-0.4, -0.2) is 100 Å². The molecular formula is C16H32O9S. The molecule has 1 saturated heterocycles. The van der Waals surface area contributed by atoms with Crippen LogP contribution >= 0.6 is 12.6 Å². The van der Waals surface area contributed by atoms with E-state index in [2.05, 4.69) is 12.6 Å². The summed E-state index contributed by atoms with van der Waals surface area (Å²) in [5, 5.41) is 49.0. The fourth-order valence-corrected chi connectivity index (χ4v) is 2.73. The van der Waals surface area contributed by atoms with E-state index in [0.29, 0.717) is 12.4 Å². The smallest absolute Gasteiger partial charge is 0.184 e. The van der Waals surface area contributed by atoms with Gasteiger partial charge in [-0.15, -0.1) is 0 Å². The van der Waals surface area contributed by atoms with E-state index in [0.717, 1.165) is 0 Å². The first-order valence-corrected chi connectivity index (χ1v) is 9.34. The fraction of sp³-hybridized carbons (Fsp3) is 1.00. The highest BCUT2D eigenvalue weighted by Gasteiger charge is 2.45. The molecule has 0 spiro atoms. The molecule has 1 aliphatic rings. The highest BCUT2D eigenvalue weighted by Crippen LogP contribution is 2.30. The number of aliphatic hydroxyl groups excluding tert-OH is 5. The average Bonchev–Trinajstić information content (AvgIpc) is 2.60. The summed E-state index contributed by atoms with van der Waals surface area (Å²) >= 11 is 4.06. The second kappa shape index (κ2) is 11.7. The van der Waals surface area contributed by atoms with E-state index in [1.807, 2.05) is 0 Å². The van der Waals surface area contributed by atoms with Crippen molar-refractivity contribution in [1.29, 1.82) is 0 Å². The molecule has 0 aromatic carbocycles. The first-order chi connectivity index (χ1) is 12.3. The van der Waals surface area contributed by atoms with Gasteiger partial charge in [-0.3, -0.25) is 0 Å². The fourth-order valence-electron chi connectivity index (χ4n) is 2.62. The van der Waals surface area contributed by atoms with Crippen molar-refractivity contribution >= 4 is 12.6 Å². The van der Waals surface area contributed by atoms with Gasteiger partial charge in [-0.05, 0) is 13.8 Å². The maximum atomic E-state index is 10.6. The standard InChI is InChI=1S/C16H32O9S/c1-8-13(21)14(12(7-18)24-15(8)22-4-5-26)25-16(10(3)20)23-11(6-17)9(2)19/h8-21,26H,4-7H2,1-3H3/t8?,9-,10-,11?,12?,13?,14?,15?,16?/m1/s1. The molecule has 0 amide bonds. The molecule has 26 heavy (non-hydrogen) atoms. The lowest BCUT2D eigenvalue weighted by molar-refractivity contribution is -0.328. The van der Waals surface area contributed by atoms with E-state index in [-0.39, 0.29) is 0 Å². The lowest BCUT2D eigenvalue weighted by Crippen LogP contribution is -2.58. The van der Waals surface area contributed by atoms with Crippen LogP contribution in [0.25, 0.3) is 0 Å². The number of ether oxygens (including phenoxy) is 4. The Balaban J connectivity index is 2.85. The van der Waals surface area contributed by atoms with Crippen LogP contribution in [0.1, 0.15) is 20.8 Å². The molecule has 1 heterocycles. The third-order valence-corrected chi connectivity index (χ3v) is 4.43. The van der Waals surface area contributed by atoms with Gasteiger partial charge >= 0.3 is 0 Å². The van der Waals surface area contributed by atoms with E-state index in [1.165, 1.54) is 13.8 Å². The zero-order chi connectivity index (χ0) is 19.9. The molecule has 1 fully saturated rings. The summed E-state index contributed by atoms with van der Waals surface area (Å²) in [6, 6.07) is 0. The molecule has 5 N–H and O–H groups in total. The van der Waals surface area contributed by atoms with Gasteiger partial charge in [0.1, 0.15) is 24.4 Å². The summed E-state index contributed by atoms with van der Waals surface area (Å²) in [6.45, 7) is 3.95. The van der Waals surface area contributed by atoms with Crippen molar-refractivity contribution in [2.24, 2.45) is 5.92 Å². The van der Waals surface area contributed by atoms with Crippen molar-refractivity contribution in [3.05, 3.63) is 0 Å². The van der Waals surface area contributed by atoms with Gasteiger partial charge in [-0.1, -0.05) is 6.92 Å². The van der Waals surface area contributed by atoms with Crippen molar-refractivity contribution in [1.82, 2.24) is 0 Å². The summed E-state index contributed by atoms with van der Waals surface area (Å²) in [5.41, 5.74) is 0. The second-order valence-corrected chi connectivity index (χ2v) is 6.92. The topological polar surface area (TPSA) is 138 Å². The van der Waals surface area contributed by atoms with E-state index in [9.17, 15) is 25.5 Å². The van der Waals surface area contributed by atoms with Crippen LogP contribution in [0.15, 0.2) is 0 Å². The van der Waals surface area contributed by atoms with Gasteiger partial charge in [0.2, 0.25) is 0 Å². The zero-order valence-electron chi connectivity index (χ0n) is 15.3. The Kier molecular flexibility index (Phi) is 10.9. The first-order valence-electron chi connectivity index (χ1n) is 8.71. The molecular weight excluding hydrogens is 368 g/mol. The third-order valence-electron chi connectivity index (χ3n) is 4.25. The molecule has 9 nitrogen and oxygen atoms in total. The number of aliphatic hydroxyl groups is 5. The lowest BCUT2D eigenvalue weighted by atomic mass is 9.92. The Hall–Kier alpha value is -0.0100. The van der Waals surface area contributed by atoms with Gasteiger partial charge in [0.15, 0.2) is 12.6 Å². The van der Waals surface area contributed by atoms with E-state index in [4.69, 9.17) is 18.9 Å². The van der Waals surface area contributed by atoms with Crippen LogP contribution in [0.4, 0.5) is 0 Å². The van der Waals surface area contributed by atoms with Gasteiger partial charge in [-0.2, -0.15) is 12.6 Å². The summed E-state index contributed by atoms with van der Waals surface area (Å²) in [4.78, 5) is 0. The molecule has 10 heteroatoms. The summed E-state index contributed by atoms with van der Waals surface area (Å²) in [5.74, 6) is 0.00871. The quantitative estimate of drug-likeness (QED) is 0.181. The third kappa shape index (κ3) is 6.55. The normalized spacial score (nSPS) is 34.3. The van der Waals surface area contributed by atoms with Gasteiger partial charge in [0, 0.05) is 11.7 Å². The van der Waals surface area contributed by atoms with Crippen LogP contribution in [0.2, 0.25) is 0 Å². The van der Waals surface area contributed by atoms with E-state index >= 15 is 0 Å². The highest BCUT2D eigenvalue weighted by atomic mass is 32.1. The molecule has 0 bridgehead atoms. The summed E-state index contributed by atoms with van der Waals surface area (Å²) in [7, 11) is 0. The molecule has 0 radical (unpaired) electrons. The molecule has 0 aromatic heterocycles. The van der Waals surface area contributed by atoms with Crippen molar-refractivity contribution in [3.63, 3.8) is 0 Å². The minimum absolute atomic E-state index is 0.320. The predicted octanol–water partition coefficient (Wildman–Crippen LogP) is -1.50. The van der Waals surface area contributed by atoms with Gasteiger partial charge in [0.25, 0.3) is 0 Å².